The van der Waals surface area contributed by atoms with Crippen LogP contribution in [-0.4, -0.2) is 71.7 Å². The summed E-state index contributed by atoms with van der Waals surface area (Å²) in [7, 11) is 1.85. The van der Waals surface area contributed by atoms with Gasteiger partial charge in [-0.05, 0) is 55.0 Å². The maximum absolute atomic E-state index is 13.2. The molecule has 10 nitrogen and oxygen atoms in total. The fraction of sp³-hybridized carbons (Fsp3) is 0.621. The fourth-order valence-electron chi connectivity index (χ4n) is 4.50. The van der Waals surface area contributed by atoms with Crippen LogP contribution >= 0.6 is 0 Å². The molecule has 0 heterocycles. The van der Waals surface area contributed by atoms with Crippen LogP contribution in [-0.2, 0) is 25.6 Å². The van der Waals surface area contributed by atoms with Crippen LogP contribution in [0.1, 0.15) is 89.6 Å². The van der Waals surface area contributed by atoms with Crippen LogP contribution in [0.4, 0.5) is 5.69 Å². The van der Waals surface area contributed by atoms with Crippen molar-refractivity contribution in [2.24, 2.45) is 5.41 Å². The second kappa shape index (κ2) is 16.0. The van der Waals surface area contributed by atoms with E-state index in [1.165, 1.54) is 6.92 Å². The third kappa shape index (κ3) is 11.2. The van der Waals surface area contributed by atoms with Crippen LogP contribution in [0.3, 0.4) is 0 Å². The summed E-state index contributed by atoms with van der Waals surface area (Å²) in [5.74, 6) is -1.42. The third-order valence-electron chi connectivity index (χ3n) is 6.69. The van der Waals surface area contributed by atoms with Gasteiger partial charge in [0.1, 0.15) is 12.3 Å². The van der Waals surface area contributed by atoms with Crippen LogP contribution in [0.15, 0.2) is 18.2 Å². The van der Waals surface area contributed by atoms with Gasteiger partial charge in [-0.15, -0.1) is 0 Å². The van der Waals surface area contributed by atoms with E-state index in [2.05, 4.69) is 16.0 Å². The first-order valence-electron chi connectivity index (χ1n) is 13.6. The fourth-order valence-corrected chi connectivity index (χ4v) is 4.50. The van der Waals surface area contributed by atoms with E-state index in [-0.39, 0.29) is 30.2 Å². The molecule has 4 N–H and O–H groups in total. The molecule has 0 aromatic heterocycles. The molecule has 0 bridgehead atoms. The minimum Gasteiger partial charge on any atom is -0.481 e. The smallest absolute Gasteiger partial charge is 0.305 e. The van der Waals surface area contributed by atoms with Crippen molar-refractivity contribution in [1.82, 2.24) is 15.5 Å². The highest BCUT2D eigenvalue weighted by Crippen LogP contribution is 2.27. The molecule has 2 atom stereocenters. The number of carbonyl (C=O) groups excluding carboxylic acids is 4. The molecule has 1 fully saturated rings. The molecule has 1 aliphatic carbocycles. The maximum atomic E-state index is 13.2. The number of anilines is 1. The van der Waals surface area contributed by atoms with E-state index >= 15 is 0 Å². The largest absolute Gasteiger partial charge is 0.481 e. The Hall–Kier alpha value is -3.27. The number of amides is 3. The first kappa shape index (κ1) is 33.8. The highest BCUT2D eigenvalue weighted by Gasteiger charge is 2.37. The average molecular weight is 547 g/mol. The van der Waals surface area contributed by atoms with Crippen molar-refractivity contribution >= 4 is 35.7 Å². The number of hydrogen-bond donors (Lipinski definition) is 4. The molecule has 3 amide bonds. The molecule has 1 aromatic rings. The van der Waals surface area contributed by atoms with Gasteiger partial charge in [0.25, 0.3) is 5.91 Å². The molecule has 1 aromatic carbocycles. The van der Waals surface area contributed by atoms with Crippen molar-refractivity contribution in [1.29, 1.82) is 0 Å². The zero-order valence-corrected chi connectivity index (χ0v) is 24.4. The number of aryl methyl sites for hydroxylation is 1. The lowest BCUT2D eigenvalue weighted by Gasteiger charge is -2.35. The second-order valence-corrected chi connectivity index (χ2v) is 11.0. The predicted molar refractivity (Wildman–Crippen MR) is 152 cm³/mol. The number of carboxylic acid groups (broad SMARTS) is 1. The number of likely N-dealkylation sites (N-methyl/N-ethyl adjacent to an activating group) is 2. The molecular weight excluding hydrogens is 500 g/mol. The van der Waals surface area contributed by atoms with Crippen molar-refractivity contribution in [2.45, 2.75) is 98.2 Å². The SMILES string of the molecule is CCN[C@H](C=O)CC(=O)O.CCc1cc(C(=O)NC(C(=O)N(C)C2CCCC2)C(C)(C)C)ccc1NC(C)=O. The molecule has 0 radical (unpaired) electrons. The van der Waals surface area contributed by atoms with E-state index in [4.69, 9.17) is 5.11 Å². The van der Waals surface area contributed by atoms with E-state index in [1.807, 2.05) is 46.6 Å². The highest BCUT2D eigenvalue weighted by atomic mass is 16.4. The molecule has 10 heteroatoms. The second-order valence-electron chi connectivity index (χ2n) is 11.0. The number of nitrogens with one attached hydrogen (secondary N) is 3. The molecule has 1 unspecified atom stereocenters. The Morgan fingerprint density at radius 1 is 1.13 bits per heavy atom. The number of carboxylic acids is 1. The Morgan fingerprint density at radius 2 is 1.74 bits per heavy atom. The summed E-state index contributed by atoms with van der Waals surface area (Å²) in [6.07, 6.45) is 5.50. The maximum Gasteiger partial charge on any atom is 0.305 e. The van der Waals surface area contributed by atoms with Crippen molar-refractivity contribution in [3.8, 4) is 0 Å². The van der Waals surface area contributed by atoms with E-state index < -0.39 is 23.5 Å². The molecule has 0 aliphatic heterocycles. The number of nitrogens with zero attached hydrogens (tertiary/aromatic N) is 1. The molecule has 39 heavy (non-hydrogen) atoms. The lowest BCUT2D eigenvalue weighted by Crippen LogP contribution is -2.55. The Balaban J connectivity index is 0.000000646. The summed E-state index contributed by atoms with van der Waals surface area (Å²) in [6.45, 7) is 11.8. The average Bonchev–Trinajstić information content (AvgIpc) is 3.40. The van der Waals surface area contributed by atoms with Gasteiger partial charge in [-0.25, -0.2) is 0 Å². The monoisotopic (exact) mass is 546 g/mol. The minimum atomic E-state index is -0.960. The topological polar surface area (TPSA) is 145 Å². The molecular formula is C29H46N4O6. The highest BCUT2D eigenvalue weighted by molar-refractivity contribution is 5.99. The quantitative estimate of drug-likeness (QED) is 0.311. The molecule has 1 saturated carbocycles. The Kier molecular flexibility index (Phi) is 13.8. The summed E-state index contributed by atoms with van der Waals surface area (Å²) < 4.78 is 0. The molecule has 0 spiro atoms. The Bertz CT molecular complexity index is 998. The van der Waals surface area contributed by atoms with Gasteiger partial charge < -0.3 is 30.8 Å². The van der Waals surface area contributed by atoms with Gasteiger partial charge in [0.05, 0.1) is 12.5 Å². The number of benzene rings is 1. The number of aldehydes is 1. The standard InChI is InChI=1S/C23H35N3O3.C6H11NO3/c1-7-16-14-17(12-13-19(16)24-15(2)27)21(28)25-20(23(3,4)5)22(29)26(6)18-10-8-9-11-18;1-2-7-5(4-8)3-6(9)10/h12-14,18,20H,7-11H2,1-6H3,(H,24,27)(H,25,28);4-5,7H,2-3H2,1H3,(H,9,10)/t;5-/m.0/s1. The number of rotatable bonds is 11. The summed E-state index contributed by atoms with van der Waals surface area (Å²) in [5, 5.41) is 16.7. The lowest BCUT2D eigenvalue weighted by atomic mass is 9.85. The number of carbonyl (C=O) groups is 5. The van der Waals surface area contributed by atoms with Crippen molar-refractivity contribution in [3.63, 3.8) is 0 Å². The molecule has 0 saturated heterocycles. The summed E-state index contributed by atoms with van der Waals surface area (Å²) >= 11 is 0. The van der Waals surface area contributed by atoms with Gasteiger partial charge in [-0.1, -0.05) is 47.5 Å². The predicted octanol–water partition coefficient (Wildman–Crippen LogP) is 3.39. The van der Waals surface area contributed by atoms with Gasteiger partial charge in [0.15, 0.2) is 0 Å². The summed E-state index contributed by atoms with van der Waals surface area (Å²) in [6, 6.07) is 4.32. The van der Waals surface area contributed by atoms with E-state index in [1.54, 1.807) is 18.2 Å². The normalized spacial score (nSPS) is 14.8. The molecule has 1 aliphatic rings. The van der Waals surface area contributed by atoms with E-state index in [0.29, 0.717) is 30.5 Å². The summed E-state index contributed by atoms with van der Waals surface area (Å²) in [5.41, 5.74) is 1.67. The van der Waals surface area contributed by atoms with Crippen LogP contribution in [0.2, 0.25) is 0 Å². The van der Waals surface area contributed by atoms with Crippen LogP contribution in [0, 0.1) is 5.41 Å². The van der Waals surface area contributed by atoms with Gasteiger partial charge in [0, 0.05) is 31.3 Å². The molecule has 218 valence electrons. The third-order valence-corrected chi connectivity index (χ3v) is 6.69. The van der Waals surface area contributed by atoms with Gasteiger partial charge in [-0.3, -0.25) is 19.2 Å². The number of hydrogen-bond acceptors (Lipinski definition) is 6. The van der Waals surface area contributed by atoms with Gasteiger partial charge in [0.2, 0.25) is 11.8 Å². The van der Waals surface area contributed by atoms with Crippen LogP contribution < -0.4 is 16.0 Å². The first-order valence-corrected chi connectivity index (χ1v) is 13.6. The van der Waals surface area contributed by atoms with Gasteiger partial charge >= 0.3 is 5.97 Å². The zero-order chi connectivity index (χ0) is 29.8. The van der Waals surface area contributed by atoms with Crippen molar-refractivity contribution in [3.05, 3.63) is 29.3 Å². The van der Waals surface area contributed by atoms with Crippen LogP contribution in [0.25, 0.3) is 0 Å². The molecule has 2 rings (SSSR count). The van der Waals surface area contributed by atoms with Crippen molar-refractivity contribution in [2.75, 3.05) is 18.9 Å². The number of aliphatic carboxylic acids is 1. The van der Waals surface area contributed by atoms with E-state index in [9.17, 15) is 24.0 Å². The van der Waals surface area contributed by atoms with Crippen LogP contribution in [0.5, 0.6) is 0 Å². The van der Waals surface area contributed by atoms with Crippen molar-refractivity contribution < 1.29 is 29.1 Å². The minimum absolute atomic E-state index is 0.0386. The lowest BCUT2D eigenvalue weighted by molar-refractivity contribution is -0.138. The Morgan fingerprint density at radius 3 is 2.21 bits per heavy atom. The van der Waals surface area contributed by atoms with E-state index in [0.717, 1.165) is 31.2 Å². The van der Waals surface area contributed by atoms with Gasteiger partial charge in [-0.2, -0.15) is 0 Å². The first-order chi connectivity index (χ1) is 18.2. The zero-order valence-electron chi connectivity index (χ0n) is 24.4. The summed E-state index contributed by atoms with van der Waals surface area (Å²) in [4.78, 5) is 59.5. The Labute approximate surface area is 232 Å².